The van der Waals surface area contributed by atoms with Crippen molar-refractivity contribution in [1.82, 2.24) is 4.90 Å². The fraction of sp³-hybridized carbons (Fsp3) is 1.00. The molecule has 0 saturated carbocycles. The number of hydrogen-bond acceptors (Lipinski definition) is 3. The zero-order chi connectivity index (χ0) is 7.68. The van der Waals surface area contributed by atoms with Gasteiger partial charge in [-0.05, 0) is 22.6 Å². The van der Waals surface area contributed by atoms with Gasteiger partial charge in [0.25, 0.3) is 0 Å². The van der Waals surface area contributed by atoms with Crippen LogP contribution in [0, 0.1) is 0 Å². The van der Waals surface area contributed by atoms with Gasteiger partial charge in [-0.2, -0.15) is 0 Å². The van der Waals surface area contributed by atoms with Gasteiger partial charge in [-0.15, -0.1) is 0 Å². The second kappa shape index (κ2) is 3.55. The monoisotopic (exact) mass is 269 g/mol. The summed E-state index contributed by atoms with van der Waals surface area (Å²) in [6.45, 7) is 4.86. The van der Waals surface area contributed by atoms with Gasteiger partial charge >= 0.3 is 0 Å². The highest BCUT2D eigenvalue weighted by Gasteiger charge is 2.29. The lowest BCUT2D eigenvalue weighted by Gasteiger charge is -2.40. The van der Waals surface area contributed by atoms with Gasteiger partial charge < -0.3 is 9.47 Å². The average molecular weight is 269 g/mol. The van der Waals surface area contributed by atoms with E-state index in [1.807, 2.05) is 0 Å². The van der Waals surface area contributed by atoms with Crippen LogP contribution in [0.1, 0.15) is 0 Å². The Kier molecular flexibility index (Phi) is 2.65. The molecule has 4 heteroatoms. The molecule has 0 aromatic rings. The third kappa shape index (κ3) is 1.85. The van der Waals surface area contributed by atoms with Crippen molar-refractivity contribution in [3.8, 4) is 0 Å². The molecule has 11 heavy (non-hydrogen) atoms. The molecule has 0 aromatic carbocycles. The Balaban J connectivity index is 1.82. The van der Waals surface area contributed by atoms with Crippen molar-refractivity contribution in [2.75, 3.05) is 32.9 Å². The summed E-state index contributed by atoms with van der Waals surface area (Å²) in [7, 11) is 0. The minimum Gasteiger partial charge on any atom is -0.378 e. The molecule has 2 heterocycles. The van der Waals surface area contributed by atoms with Crippen molar-refractivity contribution >= 4 is 22.6 Å². The molecule has 0 radical (unpaired) electrons. The van der Waals surface area contributed by atoms with E-state index in [0.717, 1.165) is 32.9 Å². The Labute approximate surface area is 80.2 Å². The summed E-state index contributed by atoms with van der Waals surface area (Å²) in [6, 6.07) is 0.677. The van der Waals surface area contributed by atoms with Crippen LogP contribution in [0.4, 0.5) is 0 Å². The van der Waals surface area contributed by atoms with Crippen LogP contribution >= 0.6 is 22.6 Å². The van der Waals surface area contributed by atoms with Crippen LogP contribution < -0.4 is 0 Å². The van der Waals surface area contributed by atoms with Crippen LogP contribution in [0.15, 0.2) is 0 Å². The van der Waals surface area contributed by atoms with Crippen molar-refractivity contribution in [2.24, 2.45) is 0 Å². The first-order chi connectivity index (χ1) is 5.36. The SMILES string of the molecule is I[C@@H]1CN(C2COC2)CCO1. The minimum absolute atomic E-state index is 0.377. The van der Waals surface area contributed by atoms with Crippen LogP contribution in [0.2, 0.25) is 0 Å². The van der Waals surface area contributed by atoms with Gasteiger partial charge in [0.2, 0.25) is 0 Å². The van der Waals surface area contributed by atoms with Gasteiger partial charge in [-0.3, -0.25) is 4.90 Å². The number of alkyl halides is 1. The Morgan fingerprint density at radius 2 is 2.18 bits per heavy atom. The molecule has 0 N–H and O–H groups in total. The van der Waals surface area contributed by atoms with Crippen molar-refractivity contribution in [3.05, 3.63) is 0 Å². The smallest absolute Gasteiger partial charge is 0.121 e. The summed E-state index contributed by atoms with van der Waals surface area (Å²) in [5.41, 5.74) is 0. The van der Waals surface area contributed by atoms with E-state index in [2.05, 4.69) is 27.5 Å². The van der Waals surface area contributed by atoms with E-state index < -0.39 is 0 Å². The largest absolute Gasteiger partial charge is 0.378 e. The summed E-state index contributed by atoms with van der Waals surface area (Å²) in [6.07, 6.45) is 0. The number of halogens is 1. The lowest BCUT2D eigenvalue weighted by atomic mass is 10.2. The third-order valence-electron chi connectivity index (χ3n) is 2.19. The molecule has 0 spiro atoms. The van der Waals surface area contributed by atoms with E-state index in [-0.39, 0.29) is 0 Å². The lowest BCUT2D eigenvalue weighted by molar-refractivity contribution is -0.0956. The molecule has 0 aliphatic carbocycles. The molecular formula is C7H12INO2. The highest BCUT2D eigenvalue weighted by Crippen LogP contribution is 2.17. The lowest BCUT2D eigenvalue weighted by Crippen LogP contribution is -2.54. The van der Waals surface area contributed by atoms with E-state index in [1.54, 1.807) is 0 Å². The van der Waals surface area contributed by atoms with E-state index in [0.29, 0.717) is 10.2 Å². The van der Waals surface area contributed by atoms with Gasteiger partial charge in [0, 0.05) is 13.1 Å². The van der Waals surface area contributed by atoms with Gasteiger partial charge in [0.15, 0.2) is 0 Å². The highest BCUT2D eigenvalue weighted by atomic mass is 127. The van der Waals surface area contributed by atoms with Crippen molar-refractivity contribution in [1.29, 1.82) is 0 Å². The number of morpholine rings is 1. The first-order valence-electron chi connectivity index (χ1n) is 3.94. The Bertz CT molecular complexity index is 140. The van der Waals surface area contributed by atoms with Crippen LogP contribution in [0.3, 0.4) is 0 Å². The summed E-state index contributed by atoms with van der Waals surface area (Å²) in [5.74, 6) is 0. The van der Waals surface area contributed by atoms with Crippen LogP contribution in [-0.2, 0) is 9.47 Å². The van der Waals surface area contributed by atoms with Crippen LogP contribution in [0.25, 0.3) is 0 Å². The molecule has 1 atom stereocenters. The van der Waals surface area contributed by atoms with Gasteiger partial charge in [0.05, 0.1) is 25.9 Å². The Morgan fingerprint density at radius 3 is 2.73 bits per heavy atom. The normalized spacial score (nSPS) is 35.2. The van der Waals surface area contributed by atoms with Crippen molar-refractivity contribution in [2.45, 2.75) is 10.2 Å². The summed E-state index contributed by atoms with van der Waals surface area (Å²) in [4.78, 5) is 2.46. The predicted molar refractivity (Wildman–Crippen MR) is 49.9 cm³/mol. The summed E-state index contributed by atoms with van der Waals surface area (Å²) in [5, 5.41) is 0. The first kappa shape index (κ1) is 8.22. The molecule has 2 aliphatic rings. The molecule has 64 valence electrons. The van der Waals surface area contributed by atoms with Crippen molar-refractivity contribution < 1.29 is 9.47 Å². The molecule has 0 bridgehead atoms. The van der Waals surface area contributed by atoms with Crippen LogP contribution in [0.5, 0.6) is 0 Å². The molecule has 0 amide bonds. The molecular weight excluding hydrogens is 257 g/mol. The zero-order valence-electron chi connectivity index (χ0n) is 6.33. The third-order valence-corrected chi connectivity index (χ3v) is 2.95. The van der Waals surface area contributed by atoms with E-state index in [9.17, 15) is 0 Å². The van der Waals surface area contributed by atoms with Gasteiger partial charge in [0.1, 0.15) is 4.11 Å². The van der Waals surface area contributed by atoms with E-state index in [4.69, 9.17) is 9.47 Å². The number of hydrogen-bond donors (Lipinski definition) is 0. The fourth-order valence-electron chi connectivity index (χ4n) is 1.39. The van der Waals surface area contributed by atoms with Gasteiger partial charge in [-0.1, -0.05) is 0 Å². The molecule has 0 aromatic heterocycles. The highest BCUT2D eigenvalue weighted by molar-refractivity contribution is 14.1. The first-order valence-corrected chi connectivity index (χ1v) is 5.18. The quantitative estimate of drug-likeness (QED) is 0.510. The molecule has 0 unspecified atom stereocenters. The molecule has 2 aliphatic heterocycles. The summed E-state index contributed by atoms with van der Waals surface area (Å²) < 4.78 is 10.9. The average Bonchev–Trinajstić information content (AvgIpc) is 1.83. The predicted octanol–water partition coefficient (Wildman–Crippen LogP) is 0.479. The molecule has 2 fully saturated rings. The fourth-order valence-corrected chi connectivity index (χ4v) is 2.15. The summed E-state index contributed by atoms with van der Waals surface area (Å²) >= 11 is 2.34. The zero-order valence-corrected chi connectivity index (χ0v) is 8.49. The van der Waals surface area contributed by atoms with Gasteiger partial charge in [-0.25, -0.2) is 0 Å². The topological polar surface area (TPSA) is 21.7 Å². The second-order valence-corrected chi connectivity index (χ2v) is 4.36. The molecule has 2 rings (SSSR count). The maximum atomic E-state index is 5.43. The maximum absolute atomic E-state index is 5.43. The van der Waals surface area contributed by atoms with Crippen LogP contribution in [-0.4, -0.2) is 48.0 Å². The Hall–Kier alpha value is 0.610. The number of ether oxygens (including phenoxy) is 2. The second-order valence-electron chi connectivity index (χ2n) is 2.97. The number of nitrogens with zero attached hydrogens (tertiary/aromatic N) is 1. The Morgan fingerprint density at radius 1 is 1.36 bits per heavy atom. The number of rotatable bonds is 1. The maximum Gasteiger partial charge on any atom is 0.121 e. The molecule has 2 saturated heterocycles. The van der Waals surface area contributed by atoms with Crippen molar-refractivity contribution in [3.63, 3.8) is 0 Å². The van der Waals surface area contributed by atoms with E-state index >= 15 is 0 Å². The molecule has 3 nitrogen and oxygen atoms in total. The van der Waals surface area contributed by atoms with E-state index in [1.165, 1.54) is 0 Å². The standard InChI is InChI=1S/C7H12INO2/c8-7-3-9(1-2-11-7)6-4-10-5-6/h6-7H,1-5H2/t7-/m0/s1. The minimum atomic E-state index is 0.377.